The first kappa shape index (κ1) is 14.8. The summed E-state index contributed by atoms with van der Waals surface area (Å²) in [5.41, 5.74) is 1.23. The SMILES string of the molecule is COc1cc(OC)c(-c2ccc(F)c(C=O)c2)c(OC)c1. The number of carbonyl (C=O) groups is 1. The Morgan fingerprint density at radius 1 is 0.952 bits per heavy atom. The number of methoxy groups -OCH3 is 3. The van der Waals surface area contributed by atoms with E-state index in [4.69, 9.17) is 14.2 Å². The van der Waals surface area contributed by atoms with Crippen molar-refractivity contribution in [3.63, 3.8) is 0 Å². The van der Waals surface area contributed by atoms with Crippen LogP contribution in [0.5, 0.6) is 17.2 Å². The van der Waals surface area contributed by atoms with Crippen molar-refractivity contribution in [2.24, 2.45) is 0 Å². The Labute approximate surface area is 122 Å². The van der Waals surface area contributed by atoms with Crippen molar-refractivity contribution in [2.45, 2.75) is 0 Å². The third-order valence-electron chi connectivity index (χ3n) is 3.13. The van der Waals surface area contributed by atoms with E-state index in [1.165, 1.54) is 33.5 Å². The Bertz CT molecular complexity index is 642. The summed E-state index contributed by atoms with van der Waals surface area (Å²) in [6.45, 7) is 0. The molecule has 0 spiro atoms. The maximum atomic E-state index is 13.5. The normalized spacial score (nSPS) is 10.1. The highest BCUT2D eigenvalue weighted by molar-refractivity contribution is 5.83. The van der Waals surface area contributed by atoms with Gasteiger partial charge in [0, 0.05) is 12.1 Å². The van der Waals surface area contributed by atoms with E-state index in [0.29, 0.717) is 34.7 Å². The van der Waals surface area contributed by atoms with Gasteiger partial charge in [-0.1, -0.05) is 6.07 Å². The molecule has 0 aromatic heterocycles. The molecule has 0 aliphatic heterocycles. The standard InChI is InChI=1S/C16H15FO4/c1-19-12-7-14(20-2)16(15(8-12)21-3)10-4-5-13(17)11(6-10)9-18/h4-9H,1-3H3. The number of aldehydes is 1. The predicted molar refractivity (Wildman–Crippen MR) is 76.9 cm³/mol. The molecular weight excluding hydrogens is 275 g/mol. The molecule has 0 radical (unpaired) electrons. The minimum atomic E-state index is -0.569. The highest BCUT2D eigenvalue weighted by Gasteiger charge is 2.16. The molecule has 0 bridgehead atoms. The highest BCUT2D eigenvalue weighted by Crippen LogP contribution is 2.42. The van der Waals surface area contributed by atoms with Crippen LogP contribution in [0.15, 0.2) is 30.3 Å². The van der Waals surface area contributed by atoms with E-state index >= 15 is 0 Å². The molecule has 0 aliphatic rings. The smallest absolute Gasteiger partial charge is 0.153 e. The average Bonchev–Trinajstić information content (AvgIpc) is 2.54. The number of benzene rings is 2. The Balaban J connectivity index is 2.69. The van der Waals surface area contributed by atoms with Gasteiger partial charge in [0.1, 0.15) is 23.1 Å². The zero-order chi connectivity index (χ0) is 15.4. The molecule has 0 N–H and O–H groups in total. The summed E-state index contributed by atoms with van der Waals surface area (Å²) >= 11 is 0. The minimum Gasteiger partial charge on any atom is -0.496 e. The number of hydrogen-bond acceptors (Lipinski definition) is 4. The average molecular weight is 290 g/mol. The molecule has 2 aromatic carbocycles. The largest absolute Gasteiger partial charge is 0.496 e. The van der Waals surface area contributed by atoms with Gasteiger partial charge in [0.15, 0.2) is 6.29 Å². The molecule has 110 valence electrons. The maximum absolute atomic E-state index is 13.5. The summed E-state index contributed by atoms with van der Waals surface area (Å²) in [4.78, 5) is 10.9. The van der Waals surface area contributed by atoms with E-state index in [0.717, 1.165) is 0 Å². The van der Waals surface area contributed by atoms with Crippen LogP contribution >= 0.6 is 0 Å². The summed E-state index contributed by atoms with van der Waals surface area (Å²) in [6, 6.07) is 7.65. The second kappa shape index (κ2) is 6.26. The number of ether oxygens (including phenoxy) is 3. The third kappa shape index (κ3) is 2.81. The van der Waals surface area contributed by atoms with E-state index in [1.54, 1.807) is 18.2 Å². The number of halogens is 1. The maximum Gasteiger partial charge on any atom is 0.153 e. The van der Waals surface area contributed by atoms with Crippen LogP contribution in [0.1, 0.15) is 10.4 Å². The summed E-state index contributed by atoms with van der Waals surface area (Å²) in [5, 5.41) is 0. The molecule has 21 heavy (non-hydrogen) atoms. The lowest BCUT2D eigenvalue weighted by molar-refractivity contribution is 0.112. The highest BCUT2D eigenvalue weighted by atomic mass is 19.1. The van der Waals surface area contributed by atoms with Crippen molar-refractivity contribution < 1.29 is 23.4 Å². The van der Waals surface area contributed by atoms with Crippen LogP contribution in [0.25, 0.3) is 11.1 Å². The van der Waals surface area contributed by atoms with Crippen LogP contribution in [0.3, 0.4) is 0 Å². The minimum absolute atomic E-state index is 0.0209. The van der Waals surface area contributed by atoms with Crippen molar-refractivity contribution in [3.8, 4) is 28.4 Å². The van der Waals surface area contributed by atoms with Crippen LogP contribution in [-0.2, 0) is 0 Å². The third-order valence-corrected chi connectivity index (χ3v) is 3.13. The molecule has 0 atom stereocenters. The van der Waals surface area contributed by atoms with E-state index in [2.05, 4.69) is 0 Å². The molecule has 0 aliphatic carbocycles. The van der Waals surface area contributed by atoms with Gasteiger partial charge in [0.05, 0.1) is 32.5 Å². The van der Waals surface area contributed by atoms with Gasteiger partial charge in [0.25, 0.3) is 0 Å². The first-order valence-corrected chi connectivity index (χ1v) is 6.19. The van der Waals surface area contributed by atoms with Crippen molar-refractivity contribution in [3.05, 3.63) is 41.7 Å². The van der Waals surface area contributed by atoms with Crippen LogP contribution in [-0.4, -0.2) is 27.6 Å². The number of hydrogen-bond donors (Lipinski definition) is 0. The summed E-state index contributed by atoms with van der Waals surface area (Å²) in [6.07, 6.45) is 0.474. The van der Waals surface area contributed by atoms with Crippen molar-refractivity contribution >= 4 is 6.29 Å². The van der Waals surface area contributed by atoms with Gasteiger partial charge in [0.2, 0.25) is 0 Å². The molecule has 0 saturated heterocycles. The fourth-order valence-corrected chi connectivity index (χ4v) is 2.08. The Morgan fingerprint density at radius 2 is 1.57 bits per heavy atom. The van der Waals surface area contributed by atoms with E-state index in [9.17, 15) is 9.18 Å². The van der Waals surface area contributed by atoms with Gasteiger partial charge >= 0.3 is 0 Å². The van der Waals surface area contributed by atoms with Gasteiger partial charge in [-0.15, -0.1) is 0 Å². The second-order valence-electron chi connectivity index (χ2n) is 4.26. The number of carbonyl (C=O) groups excluding carboxylic acids is 1. The van der Waals surface area contributed by atoms with Crippen LogP contribution in [0, 0.1) is 5.82 Å². The molecule has 0 fully saturated rings. The van der Waals surface area contributed by atoms with Crippen molar-refractivity contribution in [1.29, 1.82) is 0 Å². The van der Waals surface area contributed by atoms with Crippen LogP contribution in [0.2, 0.25) is 0 Å². The fraction of sp³-hybridized carbons (Fsp3) is 0.188. The van der Waals surface area contributed by atoms with Gasteiger partial charge < -0.3 is 14.2 Å². The lowest BCUT2D eigenvalue weighted by Crippen LogP contribution is -1.96. The first-order valence-electron chi connectivity index (χ1n) is 6.19. The van der Waals surface area contributed by atoms with Crippen molar-refractivity contribution in [1.82, 2.24) is 0 Å². The first-order chi connectivity index (χ1) is 10.1. The monoisotopic (exact) mass is 290 g/mol. The molecule has 0 saturated carbocycles. The van der Waals surface area contributed by atoms with Crippen molar-refractivity contribution in [2.75, 3.05) is 21.3 Å². The molecule has 4 nitrogen and oxygen atoms in total. The molecule has 2 rings (SSSR count). The molecular formula is C16H15FO4. The summed E-state index contributed by atoms with van der Waals surface area (Å²) in [5.74, 6) is 1.02. The van der Waals surface area contributed by atoms with Gasteiger partial charge in [-0.3, -0.25) is 4.79 Å². The fourth-order valence-electron chi connectivity index (χ4n) is 2.08. The van der Waals surface area contributed by atoms with E-state index in [1.807, 2.05) is 0 Å². The summed E-state index contributed by atoms with van der Waals surface area (Å²) < 4.78 is 29.3. The number of rotatable bonds is 5. The Kier molecular flexibility index (Phi) is 4.42. The van der Waals surface area contributed by atoms with Gasteiger partial charge in [-0.2, -0.15) is 0 Å². The van der Waals surface area contributed by atoms with Crippen LogP contribution in [0.4, 0.5) is 4.39 Å². The van der Waals surface area contributed by atoms with Gasteiger partial charge in [-0.25, -0.2) is 4.39 Å². The quantitative estimate of drug-likeness (QED) is 0.792. The lowest BCUT2D eigenvalue weighted by atomic mass is 10.0. The molecule has 5 heteroatoms. The van der Waals surface area contributed by atoms with Gasteiger partial charge in [-0.05, 0) is 17.7 Å². The Hall–Kier alpha value is -2.56. The molecule has 0 amide bonds. The van der Waals surface area contributed by atoms with E-state index < -0.39 is 5.82 Å². The lowest BCUT2D eigenvalue weighted by Gasteiger charge is -2.15. The zero-order valence-electron chi connectivity index (χ0n) is 12.0. The topological polar surface area (TPSA) is 44.8 Å². The summed E-state index contributed by atoms with van der Waals surface area (Å²) in [7, 11) is 4.57. The molecule has 0 unspecified atom stereocenters. The predicted octanol–water partition coefficient (Wildman–Crippen LogP) is 3.33. The second-order valence-corrected chi connectivity index (χ2v) is 4.26. The Morgan fingerprint density at radius 3 is 2.05 bits per heavy atom. The van der Waals surface area contributed by atoms with E-state index in [-0.39, 0.29) is 5.56 Å². The zero-order valence-corrected chi connectivity index (χ0v) is 12.0. The molecule has 2 aromatic rings. The van der Waals surface area contributed by atoms with Crippen LogP contribution < -0.4 is 14.2 Å². The molecule has 0 heterocycles.